The van der Waals surface area contributed by atoms with Crippen molar-refractivity contribution in [2.45, 2.75) is 52.4 Å². The fraction of sp³-hybridized carbons (Fsp3) is 0.611. The van der Waals surface area contributed by atoms with Crippen LogP contribution in [0.3, 0.4) is 0 Å². The Balaban J connectivity index is 2.76. The number of carbonyl (C=O) groups excluding carboxylic acids is 1. The quantitative estimate of drug-likeness (QED) is 0.593. The van der Waals surface area contributed by atoms with Gasteiger partial charge in [0, 0.05) is 13.1 Å². The van der Waals surface area contributed by atoms with Crippen molar-refractivity contribution < 1.29 is 9.53 Å². The lowest BCUT2D eigenvalue weighted by Crippen LogP contribution is -2.33. The molecular weight excluding hydrogens is 262 g/mol. The van der Waals surface area contributed by atoms with Gasteiger partial charge in [-0.2, -0.15) is 0 Å². The molecule has 1 aromatic rings. The van der Waals surface area contributed by atoms with Crippen LogP contribution < -0.4 is 4.74 Å². The van der Waals surface area contributed by atoms with Crippen molar-refractivity contribution in [2.75, 3.05) is 20.2 Å². The van der Waals surface area contributed by atoms with Crippen LogP contribution in [0.15, 0.2) is 24.3 Å². The Kier molecular flexibility index (Phi) is 8.56. The summed E-state index contributed by atoms with van der Waals surface area (Å²) in [5.74, 6) is 0.762. The van der Waals surface area contributed by atoms with Gasteiger partial charge in [0.25, 0.3) is 5.91 Å². The van der Waals surface area contributed by atoms with E-state index in [0.29, 0.717) is 11.3 Å². The van der Waals surface area contributed by atoms with Crippen LogP contribution in [0, 0.1) is 0 Å². The number of rotatable bonds is 10. The first-order chi connectivity index (χ1) is 10.2. The molecule has 0 aromatic heterocycles. The summed E-state index contributed by atoms with van der Waals surface area (Å²) in [4.78, 5) is 14.7. The van der Waals surface area contributed by atoms with Crippen LogP contribution in [0.2, 0.25) is 0 Å². The molecule has 0 aliphatic carbocycles. The SMILES string of the molecule is CCCCCN(CCCCC)C(=O)c1ccccc1OC. The van der Waals surface area contributed by atoms with Crippen LogP contribution in [0.1, 0.15) is 62.7 Å². The van der Waals surface area contributed by atoms with Gasteiger partial charge in [-0.1, -0.05) is 51.7 Å². The molecule has 0 heterocycles. The van der Waals surface area contributed by atoms with Crippen LogP contribution in [0.25, 0.3) is 0 Å². The number of para-hydroxylation sites is 1. The molecule has 0 spiro atoms. The summed E-state index contributed by atoms with van der Waals surface area (Å²) in [7, 11) is 1.62. The minimum atomic E-state index is 0.0969. The predicted octanol–water partition coefficient (Wildman–Crippen LogP) is 4.52. The Morgan fingerprint density at radius 2 is 1.57 bits per heavy atom. The summed E-state index contributed by atoms with van der Waals surface area (Å²) in [6, 6.07) is 7.50. The summed E-state index contributed by atoms with van der Waals surface area (Å²) in [5, 5.41) is 0. The molecule has 0 N–H and O–H groups in total. The molecule has 3 heteroatoms. The second kappa shape index (κ2) is 10.3. The summed E-state index contributed by atoms with van der Waals surface area (Å²) in [6.45, 7) is 6.05. The first kappa shape index (κ1) is 17.5. The molecule has 0 saturated carbocycles. The van der Waals surface area contributed by atoms with Gasteiger partial charge >= 0.3 is 0 Å². The van der Waals surface area contributed by atoms with Crippen molar-refractivity contribution in [2.24, 2.45) is 0 Å². The molecule has 0 saturated heterocycles. The molecule has 3 nitrogen and oxygen atoms in total. The van der Waals surface area contributed by atoms with Gasteiger partial charge in [-0.15, -0.1) is 0 Å². The number of unbranched alkanes of at least 4 members (excludes halogenated alkanes) is 4. The van der Waals surface area contributed by atoms with Crippen molar-refractivity contribution in [1.29, 1.82) is 0 Å². The van der Waals surface area contributed by atoms with Gasteiger partial charge in [-0.05, 0) is 25.0 Å². The minimum absolute atomic E-state index is 0.0969. The third kappa shape index (κ3) is 5.78. The van der Waals surface area contributed by atoms with Crippen LogP contribution in [0.5, 0.6) is 5.75 Å². The minimum Gasteiger partial charge on any atom is -0.496 e. The second-order valence-corrected chi connectivity index (χ2v) is 5.41. The molecule has 0 unspecified atom stereocenters. The zero-order valence-corrected chi connectivity index (χ0v) is 13.7. The number of ether oxygens (including phenoxy) is 1. The van der Waals surface area contributed by atoms with E-state index < -0.39 is 0 Å². The van der Waals surface area contributed by atoms with Crippen molar-refractivity contribution in [3.8, 4) is 5.75 Å². The fourth-order valence-electron chi connectivity index (χ4n) is 2.41. The molecule has 0 fully saturated rings. The molecule has 1 rings (SSSR count). The van der Waals surface area contributed by atoms with E-state index in [0.717, 1.165) is 25.9 Å². The molecule has 0 aliphatic heterocycles. The highest BCUT2D eigenvalue weighted by Crippen LogP contribution is 2.20. The molecule has 1 amide bonds. The number of amides is 1. The lowest BCUT2D eigenvalue weighted by atomic mass is 10.1. The van der Waals surface area contributed by atoms with Gasteiger partial charge < -0.3 is 9.64 Å². The van der Waals surface area contributed by atoms with Crippen LogP contribution >= 0.6 is 0 Å². The van der Waals surface area contributed by atoms with E-state index in [-0.39, 0.29) is 5.91 Å². The Morgan fingerprint density at radius 1 is 1.00 bits per heavy atom. The average Bonchev–Trinajstić information content (AvgIpc) is 2.53. The van der Waals surface area contributed by atoms with E-state index in [1.165, 1.54) is 25.7 Å². The maximum absolute atomic E-state index is 12.8. The third-order valence-electron chi connectivity index (χ3n) is 3.69. The standard InChI is InChI=1S/C18H29NO2/c1-4-6-10-14-19(15-11-7-5-2)18(20)16-12-8-9-13-17(16)21-3/h8-9,12-13H,4-7,10-11,14-15H2,1-3H3. The number of carbonyl (C=O) groups is 1. The lowest BCUT2D eigenvalue weighted by Gasteiger charge is -2.23. The highest BCUT2D eigenvalue weighted by molar-refractivity contribution is 5.96. The van der Waals surface area contributed by atoms with Gasteiger partial charge in [0.15, 0.2) is 0 Å². The monoisotopic (exact) mass is 291 g/mol. The van der Waals surface area contributed by atoms with Crippen molar-refractivity contribution in [3.63, 3.8) is 0 Å². The van der Waals surface area contributed by atoms with Gasteiger partial charge in [-0.3, -0.25) is 4.79 Å². The average molecular weight is 291 g/mol. The van der Waals surface area contributed by atoms with Crippen LogP contribution in [-0.4, -0.2) is 31.0 Å². The molecule has 21 heavy (non-hydrogen) atoms. The number of hydrogen-bond acceptors (Lipinski definition) is 2. The first-order valence-electron chi connectivity index (χ1n) is 8.16. The maximum atomic E-state index is 12.8. The number of methoxy groups -OCH3 is 1. The van der Waals surface area contributed by atoms with Crippen LogP contribution in [0.4, 0.5) is 0 Å². The molecule has 1 aromatic carbocycles. The molecule has 0 radical (unpaired) electrons. The molecule has 0 bridgehead atoms. The van der Waals surface area contributed by atoms with Gasteiger partial charge in [-0.25, -0.2) is 0 Å². The highest BCUT2D eigenvalue weighted by atomic mass is 16.5. The van der Waals surface area contributed by atoms with Gasteiger partial charge in [0.05, 0.1) is 12.7 Å². The number of hydrogen-bond donors (Lipinski definition) is 0. The zero-order valence-electron chi connectivity index (χ0n) is 13.7. The lowest BCUT2D eigenvalue weighted by molar-refractivity contribution is 0.0746. The van der Waals surface area contributed by atoms with Crippen molar-refractivity contribution in [3.05, 3.63) is 29.8 Å². The number of benzene rings is 1. The van der Waals surface area contributed by atoms with E-state index in [2.05, 4.69) is 13.8 Å². The van der Waals surface area contributed by atoms with Crippen molar-refractivity contribution >= 4 is 5.91 Å². The molecule has 118 valence electrons. The Morgan fingerprint density at radius 3 is 2.10 bits per heavy atom. The Bertz CT molecular complexity index is 407. The molecular formula is C18H29NO2. The summed E-state index contributed by atoms with van der Waals surface area (Å²) >= 11 is 0. The Hall–Kier alpha value is -1.51. The van der Waals surface area contributed by atoms with Gasteiger partial charge in [0.2, 0.25) is 0 Å². The summed E-state index contributed by atoms with van der Waals surface area (Å²) < 4.78 is 5.32. The Labute approximate surface area is 129 Å². The van der Waals surface area contributed by atoms with E-state index in [1.807, 2.05) is 29.2 Å². The van der Waals surface area contributed by atoms with Crippen molar-refractivity contribution in [1.82, 2.24) is 4.90 Å². The molecule has 0 atom stereocenters. The largest absolute Gasteiger partial charge is 0.496 e. The second-order valence-electron chi connectivity index (χ2n) is 5.41. The van der Waals surface area contributed by atoms with E-state index >= 15 is 0 Å². The van der Waals surface area contributed by atoms with E-state index in [9.17, 15) is 4.79 Å². The topological polar surface area (TPSA) is 29.5 Å². The smallest absolute Gasteiger partial charge is 0.257 e. The molecule has 0 aliphatic rings. The van der Waals surface area contributed by atoms with Crippen LogP contribution in [-0.2, 0) is 0 Å². The fourth-order valence-corrected chi connectivity index (χ4v) is 2.41. The first-order valence-corrected chi connectivity index (χ1v) is 8.16. The third-order valence-corrected chi connectivity index (χ3v) is 3.69. The normalized spacial score (nSPS) is 10.4. The van der Waals surface area contributed by atoms with E-state index in [4.69, 9.17) is 4.74 Å². The zero-order chi connectivity index (χ0) is 15.5. The number of nitrogens with zero attached hydrogens (tertiary/aromatic N) is 1. The summed E-state index contributed by atoms with van der Waals surface area (Å²) in [6.07, 6.45) is 6.83. The highest BCUT2D eigenvalue weighted by Gasteiger charge is 2.18. The predicted molar refractivity (Wildman–Crippen MR) is 87.9 cm³/mol. The van der Waals surface area contributed by atoms with Gasteiger partial charge in [0.1, 0.15) is 5.75 Å². The van der Waals surface area contributed by atoms with E-state index in [1.54, 1.807) is 7.11 Å². The maximum Gasteiger partial charge on any atom is 0.257 e. The summed E-state index contributed by atoms with van der Waals surface area (Å²) in [5.41, 5.74) is 0.674.